The van der Waals surface area contributed by atoms with E-state index in [4.69, 9.17) is 0 Å². The lowest BCUT2D eigenvalue weighted by molar-refractivity contribution is -0.116. The number of fused-ring (bicyclic) bond motifs is 1. The van der Waals surface area contributed by atoms with Gasteiger partial charge in [0.1, 0.15) is 0 Å². The van der Waals surface area contributed by atoms with Crippen LogP contribution in [0.25, 0.3) is 17.0 Å². The first-order valence-corrected chi connectivity index (χ1v) is 6.44. The Balaban J connectivity index is 2.05. The van der Waals surface area contributed by atoms with Crippen molar-refractivity contribution >= 4 is 28.6 Å². The molecule has 0 fully saturated rings. The SMILES string of the molecule is CCCC1=NNC(=O)/C1=C\c1c[nH]c2ccccc12. The molecule has 0 saturated heterocycles. The molecule has 0 aliphatic carbocycles. The topological polar surface area (TPSA) is 57.2 Å². The summed E-state index contributed by atoms with van der Waals surface area (Å²) in [7, 11) is 0. The quantitative estimate of drug-likeness (QED) is 0.812. The Morgan fingerprint density at radius 2 is 2.16 bits per heavy atom. The summed E-state index contributed by atoms with van der Waals surface area (Å²) in [5.41, 5.74) is 6.14. The maximum atomic E-state index is 11.8. The number of hydrazone groups is 1. The molecule has 4 heteroatoms. The molecule has 1 aliphatic heterocycles. The van der Waals surface area contributed by atoms with E-state index >= 15 is 0 Å². The molecule has 0 unspecified atom stereocenters. The van der Waals surface area contributed by atoms with Crippen molar-refractivity contribution < 1.29 is 4.79 Å². The normalized spacial score (nSPS) is 17.0. The molecule has 0 bridgehead atoms. The van der Waals surface area contributed by atoms with Gasteiger partial charge in [-0.3, -0.25) is 4.79 Å². The second-order valence-electron chi connectivity index (χ2n) is 4.60. The number of aromatic amines is 1. The Hall–Kier alpha value is -2.36. The van der Waals surface area contributed by atoms with Crippen LogP contribution in [0.4, 0.5) is 0 Å². The van der Waals surface area contributed by atoms with Crippen molar-refractivity contribution in [3.8, 4) is 0 Å². The average Bonchev–Trinajstić information content (AvgIpc) is 2.98. The molecule has 4 nitrogen and oxygen atoms in total. The van der Waals surface area contributed by atoms with Crippen molar-refractivity contribution in [2.75, 3.05) is 0 Å². The Bertz CT molecular complexity index is 694. The number of H-pyrrole nitrogens is 1. The number of amides is 1. The summed E-state index contributed by atoms with van der Waals surface area (Å²) in [6.45, 7) is 2.08. The number of carbonyl (C=O) groups is 1. The maximum Gasteiger partial charge on any atom is 0.273 e. The Labute approximate surface area is 111 Å². The number of rotatable bonds is 3. The van der Waals surface area contributed by atoms with Crippen LogP contribution in [-0.2, 0) is 4.79 Å². The highest BCUT2D eigenvalue weighted by atomic mass is 16.2. The molecular weight excluding hydrogens is 238 g/mol. The highest BCUT2D eigenvalue weighted by Gasteiger charge is 2.21. The van der Waals surface area contributed by atoms with E-state index in [0.29, 0.717) is 5.57 Å². The standard InChI is InChI=1S/C15H15N3O/c1-2-5-14-12(15(19)18-17-14)8-10-9-16-13-7-4-3-6-11(10)13/h3-4,6-9,16H,2,5H2,1H3,(H,18,19)/b12-8-. The summed E-state index contributed by atoms with van der Waals surface area (Å²) in [6.07, 6.45) is 5.62. The van der Waals surface area contributed by atoms with Gasteiger partial charge < -0.3 is 4.98 Å². The van der Waals surface area contributed by atoms with Gasteiger partial charge in [0.15, 0.2) is 0 Å². The van der Waals surface area contributed by atoms with Gasteiger partial charge in [-0.2, -0.15) is 5.10 Å². The molecule has 0 spiro atoms. The van der Waals surface area contributed by atoms with E-state index in [1.165, 1.54) is 0 Å². The van der Waals surface area contributed by atoms with Gasteiger partial charge in [-0.15, -0.1) is 0 Å². The van der Waals surface area contributed by atoms with Crippen LogP contribution in [0.15, 0.2) is 41.1 Å². The Morgan fingerprint density at radius 3 is 3.00 bits per heavy atom. The van der Waals surface area contributed by atoms with Crippen LogP contribution in [0.5, 0.6) is 0 Å². The minimum Gasteiger partial charge on any atom is -0.361 e. The molecule has 0 saturated carbocycles. The third-order valence-electron chi connectivity index (χ3n) is 3.26. The number of carbonyl (C=O) groups excluding carboxylic acids is 1. The molecule has 2 aromatic rings. The summed E-state index contributed by atoms with van der Waals surface area (Å²) in [5, 5.41) is 5.20. The van der Waals surface area contributed by atoms with E-state index in [9.17, 15) is 4.79 Å². The van der Waals surface area contributed by atoms with Crippen LogP contribution < -0.4 is 5.43 Å². The summed E-state index contributed by atoms with van der Waals surface area (Å²) in [6, 6.07) is 8.05. The van der Waals surface area contributed by atoms with Crippen molar-refractivity contribution in [1.29, 1.82) is 0 Å². The lowest BCUT2D eigenvalue weighted by Crippen LogP contribution is -2.13. The van der Waals surface area contributed by atoms with Gasteiger partial charge in [-0.1, -0.05) is 31.5 Å². The van der Waals surface area contributed by atoms with Gasteiger partial charge in [-0.25, -0.2) is 5.43 Å². The molecule has 1 aliphatic rings. The number of hydrogen-bond acceptors (Lipinski definition) is 2. The van der Waals surface area contributed by atoms with E-state index in [2.05, 4.69) is 22.4 Å². The first kappa shape index (κ1) is 11.7. The smallest absolute Gasteiger partial charge is 0.273 e. The Kier molecular flexibility index (Phi) is 2.91. The van der Waals surface area contributed by atoms with Crippen LogP contribution in [0.1, 0.15) is 25.3 Å². The zero-order chi connectivity index (χ0) is 13.2. The molecule has 0 atom stereocenters. The minimum atomic E-state index is -0.117. The predicted molar refractivity (Wildman–Crippen MR) is 76.8 cm³/mol. The first-order chi connectivity index (χ1) is 9.29. The van der Waals surface area contributed by atoms with Crippen molar-refractivity contribution in [2.24, 2.45) is 5.10 Å². The number of aromatic nitrogens is 1. The van der Waals surface area contributed by atoms with E-state index in [1.807, 2.05) is 36.5 Å². The monoisotopic (exact) mass is 253 g/mol. The van der Waals surface area contributed by atoms with Crippen LogP contribution in [0.2, 0.25) is 0 Å². The highest BCUT2D eigenvalue weighted by molar-refractivity contribution is 6.27. The third kappa shape index (κ3) is 2.05. The van der Waals surface area contributed by atoms with E-state index < -0.39 is 0 Å². The maximum absolute atomic E-state index is 11.8. The zero-order valence-electron chi connectivity index (χ0n) is 10.7. The van der Waals surface area contributed by atoms with E-state index in [1.54, 1.807) is 0 Å². The van der Waals surface area contributed by atoms with Crippen LogP contribution in [0, 0.1) is 0 Å². The number of para-hydroxylation sites is 1. The average molecular weight is 253 g/mol. The van der Waals surface area contributed by atoms with E-state index in [-0.39, 0.29) is 5.91 Å². The van der Waals surface area contributed by atoms with Crippen LogP contribution in [0.3, 0.4) is 0 Å². The van der Waals surface area contributed by atoms with Gasteiger partial charge in [-0.05, 0) is 18.6 Å². The molecule has 2 N–H and O–H groups in total. The zero-order valence-corrected chi connectivity index (χ0v) is 10.7. The van der Waals surface area contributed by atoms with Crippen molar-refractivity contribution in [1.82, 2.24) is 10.4 Å². The lowest BCUT2D eigenvalue weighted by Gasteiger charge is -1.98. The van der Waals surface area contributed by atoms with Crippen molar-refractivity contribution in [3.63, 3.8) is 0 Å². The molecule has 0 radical (unpaired) electrons. The second kappa shape index (κ2) is 4.72. The molecule has 96 valence electrons. The lowest BCUT2D eigenvalue weighted by atomic mass is 10.0. The third-order valence-corrected chi connectivity index (χ3v) is 3.26. The van der Waals surface area contributed by atoms with E-state index in [0.717, 1.165) is 35.0 Å². The molecular formula is C15H15N3O. The second-order valence-corrected chi connectivity index (χ2v) is 4.60. The van der Waals surface area contributed by atoms with Gasteiger partial charge >= 0.3 is 0 Å². The summed E-state index contributed by atoms with van der Waals surface area (Å²) in [4.78, 5) is 15.0. The van der Waals surface area contributed by atoms with Gasteiger partial charge in [0.2, 0.25) is 0 Å². The summed E-state index contributed by atoms with van der Waals surface area (Å²) in [5.74, 6) is -0.117. The summed E-state index contributed by atoms with van der Waals surface area (Å²) >= 11 is 0. The molecule has 19 heavy (non-hydrogen) atoms. The predicted octanol–water partition coefficient (Wildman–Crippen LogP) is 2.84. The molecule has 1 aromatic carbocycles. The van der Waals surface area contributed by atoms with Crippen molar-refractivity contribution in [2.45, 2.75) is 19.8 Å². The largest absolute Gasteiger partial charge is 0.361 e. The highest BCUT2D eigenvalue weighted by Crippen LogP contribution is 2.22. The fraction of sp³-hybridized carbons (Fsp3) is 0.200. The first-order valence-electron chi connectivity index (χ1n) is 6.44. The Morgan fingerprint density at radius 1 is 1.32 bits per heavy atom. The van der Waals surface area contributed by atoms with Gasteiger partial charge in [0.05, 0.1) is 11.3 Å². The molecule has 1 amide bonds. The number of benzene rings is 1. The number of nitrogens with zero attached hydrogens (tertiary/aromatic N) is 1. The summed E-state index contributed by atoms with van der Waals surface area (Å²) < 4.78 is 0. The molecule has 2 heterocycles. The number of nitrogens with one attached hydrogen (secondary N) is 2. The van der Waals surface area contributed by atoms with Crippen LogP contribution >= 0.6 is 0 Å². The van der Waals surface area contributed by atoms with Crippen LogP contribution in [-0.4, -0.2) is 16.6 Å². The fourth-order valence-electron chi connectivity index (χ4n) is 2.31. The van der Waals surface area contributed by atoms with Gasteiger partial charge in [0, 0.05) is 22.7 Å². The van der Waals surface area contributed by atoms with Crippen molar-refractivity contribution in [3.05, 3.63) is 41.6 Å². The molecule has 3 rings (SSSR count). The number of hydrogen-bond donors (Lipinski definition) is 2. The molecule has 1 aromatic heterocycles. The fourth-order valence-corrected chi connectivity index (χ4v) is 2.31. The minimum absolute atomic E-state index is 0.117. The van der Waals surface area contributed by atoms with Gasteiger partial charge in [0.25, 0.3) is 5.91 Å².